The summed E-state index contributed by atoms with van der Waals surface area (Å²) in [5, 5.41) is 12.7. The molecule has 0 aromatic carbocycles. The second-order valence-electron chi connectivity index (χ2n) is 5.50. The number of hydrogen-bond acceptors (Lipinski definition) is 5. The van der Waals surface area contributed by atoms with E-state index in [0.717, 1.165) is 55.3 Å². The van der Waals surface area contributed by atoms with Gasteiger partial charge >= 0.3 is 0 Å². The van der Waals surface area contributed by atoms with Crippen molar-refractivity contribution in [2.75, 3.05) is 32.7 Å². The van der Waals surface area contributed by atoms with E-state index in [1.165, 1.54) is 11.3 Å². The molecule has 0 spiro atoms. The van der Waals surface area contributed by atoms with Gasteiger partial charge < -0.3 is 9.90 Å². The maximum Gasteiger partial charge on any atom is 0.253 e. The molecule has 6 nitrogen and oxygen atoms in total. The molecule has 0 radical (unpaired) electrons. The molecule has 0 bridgehead atoms. The van der Waals surface area contributed by atoms with Crippen molar-refractivity contribution < 1.29 is 14.8 Å². The summed E-state index contributed by atoms with van der Waals surface area (Å²) in [4.78, 5) is 20.1. The molecule has 7 heteroatoms. The number of carboxylic acids is 1. The predicted octanol–water partition coefficient (Wildman–Crippen LogP) is -0.599. The number of thiazole rings is 1. The Labute approximate surface area is 133 Å². The number of aromatic nitrogens is 2. The van der Waals surface area contributed by atoms with Crippen LogP contribution < -0.4 is 10.0 Å². The van der Waals surface area contributed by atoms with Crippen molar-refractivity contribution in [1.29, 1.82) is 0 Å². The number of fused-ring (bicyclic) bond motifs is 1. The number of piperazine rings is 1. The number of aliphatic carboxylic acids is 1. The second kappa shape index (κ2) is 6.60. The molecule has 0 atom stereocenters. The van der Waals surface area contributed by atoms with Crippen LogP contribution in [0.15, 0.2) is 17.7 Å². The van der Waals surface area contributed by atoms with Crippen molar-refractivity contribution in [3.05, 3.63) is 23.3 Å². The fraction of sp³-hybridized carbons (Fsp3) is 0.467. The first-order chi connectivity index (χ1) is 10.7. The largest absolute Gasteiger partial charge is 0.545 e. The predicted molar refractivity (Wildman–Crippen MR) is 84.2 cm³/mol. The van der Waals surface area contributed by atoms with Gasteiger partial charge in [0.05, 0.1) is 19.1 Å². The van der Waals surface area contributed by atoms with Crippen molar-refractivity contribution in [2.24, 2.45) is 0 Å². The molecular weight excluding hydrogens is 300 g/mol. The molecule has 3 rings (SSSR count). The van der Waals surface area contributed by atoms with E-state index in [2.05, 4.69) is 11.8 Å². The highest BCUT2D eigenvalue weighted by Crippen LogP contribution is 2.20. The Morgan fingerprint density at radius 3 is 2.95 bits per heavy atom. The minimum Gasteiger partial charge on any atom is -0.545 e. The first kappa shape index (κ1) is 15.2. The van der Waals surface area contributed by atoms with Gasteiger partial charge in [0, 0.05) is 24.7 Å². The first-order valence-corrected chi connectivity index (χ1v) is 8.49. The quantitative estimate of drug-likeness (QED) is 0.747. The van der Waals surface area contributed by atoms with E-state index in [0.29, 0.717) is 0 Å². The number of carbonyl (C=O) groups excluding carboxylic acids is 1. The highest BCUT2D eigenvalue weighted by Gasteiger charge is 2.26. The number of nitrogens with zero attached hydrogens (tertiary/aromatic N) is 3. The lowest BCUT2D eigenvalue weighted by atomic mass is 10.2. The Bertz CT molecular complexity index is 683. The van der Waals surface area contributed by atoms with Crippen molar-refractivity contribution in [3.63, 3.8) is 0 Å². The van der Waals surface area contributed by atoms with Crippen LogP contribution in [0, 0.1) is 0 Å². The molecule has 3 heterocycles. The number of imidazole rings is 1. The minimum atomic E-state index is -1.18. The monoisotopic (exact) mass is 320 g/mol. The van der Waals surface area contributed by atoms with Gasteiger partial charge in [0.25, 0.3) is 5.82 Å². The topological polar surface area (TPSA) is 65.1 Å². The lowest BCUT2D eigenvalue weighted by Crippen LogP contribution is -3.10. The summed E-state index contributed by atoms with van der Waals surface area (Å²) >= 11 is 1.56. The summed E-state index contributed by atoms with van der Waals surface area (Å²) in [5.74, 6) is -0.237. The van der Waals surface area contributed by atoms with E-state index in [1.54, 1.807) is 17.4 Å². The van der Waals surface area contributed by atoms with Gasteiger partial charge in [-0.05, 0) is 25.1 Å². The van der Waals surface area contributed by atoms with Crippen molar-refractivity contribution >= 4 is 34.2 Å². The van der Waals surface area contributed by atoms with E-state index in [9.17, 15) is 9.90 Å². The average Bonchev–Trinajstić information content (AvgIpc) is 3.07. The average molecular weight is 320 g/mol. The van der Waals surface area contributed by atoms with Gasteiger partial charge in [-0.3, -0.25) is 14.2 Å². The van der Waals surface area contributed by atoms with Gasteiger partial charge in [-0.25, -0.2) is 0 Å². The fourth-order valence-corrected chi connectivity index (χ4v) is 3.69. The molecule has 2 aromatic rings. The van der Waals surface area contributed by atoms with Crippen molar-refractivity contribution in [3.8, 4) is 0 Å². The van der Waals surface area contributed by atoms with Gasteiger partial charge in [0.1, 0.15) is 5.69 Å². The van der Waals surface area contributed by atoms with Crippen LogP contribution in [0.5, 0.6) is 0 Å². The van der Waals surface area contributed by atoms with Gasteiger partial charge in [-0.15, -0.1) is 11.3 Å². The molecule has 1 aliphatic rings. The van der Waals surface area contributed by atoms with Crippen LogP contribution in [0.25, 0.3) is 11.0 Å². The van der Waals surface area contributed by atoms with E-state index in [4.69, 9.17) is 4.98 Å². The Morgan fingerprint density at radius 2 is 2.27 bits per heavy atom. The fourth-order valence-electron chi connectivity index (χ4n) is 2.97. The zero-order valence-corrected chi connectivity index (χ0v) is 13.4. The Balaban J connectivity index is 1.85. The van der Waals surface area contributed by atoms with E-state index in [-0.39, 0.29) is 0 Å². The lowest BCUT2D eigenvalue weighted by molar-refractivity contribution is -0.840. The van der Waals surface area contributed by atoms with Gasteiger partial charge in [-0.2, -0.15) is 4.98 Å². The second-order valence-corrected chi connectivity index (χ2v) is 6.37. The molecule has 1 aliphatic heterocycles. The van der Waals surface area contributed by atoms with Crippen molar-refractivity contribution in [1.82, 2.24) is 14.3 Å². The summed E-state index contributed by atoms with van der Waals surface area (Å²) in [7, 11) is 0. The van der Waals surface area contributed by atoms with Crippen LogP contribution in [-0.4, -0.2) is 53.0 Å². The maximum absolute atomic E-state index is 10.7. The molecule has 1 N–H and O–H groups in total. The highest BCUT2D eigenvalue weighted by molar-refractivity contribution is 7.15. The molecule has 0 aliphatic carbocycles. The van der Waals surface area contributed by atoms with Crippen LogP contribution in [0.2, 0.25) is 0 Å². The Hall–Kier alpha value is -1.70. The molecule has 1 saturated heterocycles. The SMILES string of the molecule is CCCN1CC[NH+](c2nc3sccn3c2/C=C/C(=O)[O-])CC1. The smallest absolute Gasteiger partial charge is 0.253 e. The van der Waals surface area contributed by atoms with Crippen LogP contribution in [0.1, 0.15) is 19.0 Å². The number of carboxylic acid groups (broad SMARTS) is 1. The van der Waals surface area contributed by atoms with Crippen LogP contribution in [-0.2, 0) is 4.79 Å². The standard InChI is InChI=1S/C15H20N4O2S/c1-2-5-17-6-8-18(9-7-17)14-12(3-4-13(20)21)19-10-11-22-15(19)16-14/h3-4,10-11H,2,5-9H2,1H3,(H,20,21)/b4-3+. The van der Waals surface area contributed by atoms with Gasteiger partial charge in [-0.1, -0.05) is 6.92 Å². The van der Waals surface area contributed by atoms with E-state index >= 15 is 0 Å². The third-order valence-corrected chi connectivity index (χ3v) is 4.77. The Morgan fingerprint density at radius 1 is 1.50 bits per heavy atom. The molecule has 1 fully saturated rings. The number of quaternary nitrogens is 1. The summed E-state index contributed by atoms with van der Waals surface area (Å²) in [6.07, 6.45) is 5.79. The lowest BCUT2D eigenvalue weighted by Gasteiger charge is -2.30. The molecule has 118 valence electrons. The van der Waals surface area contributed by atoms with Gasteiger partial charge in [0.15, 0.2) is 4.96 Å². The molecular formula is C15H20N4O2S. The summed E-state index contributed by atoms with van der Waals surface area (Å²) in [6, 6.07) is 0. The number of hydrogen-bond donors (Lipinski definition) is 1. The van der Waals surface area contributed by atoms with E-state index < -0.39 is 5.97 Å². The third-order valence-electron chi connectivity index (χ3n) is 4.01. The first-order valence-electron chi connectivity index (χ1n) is 7.61. The van der Waals surface area contributed by atoms with Crippen LogP contribution in [0.3, 0.4) is 0 Å². The van der Waals surface area contributed by atoms with Crippen LogP contribution in [0.4, 0.5) is 5.82 Å². The summed E-state index contributed by atoms with van der Waals surface area (Å²) < 4.78 is 1.95. The summed E-state index contributed by atoms with van der Waals surface area (Å²) in [5.41, 5.74) is 0.847. The maximum atomic E-state index is 10.7. The number of carbonyl (C=O) groups is 1. The van der Waals surface area contributed by atoms with Crippen LogP contribution >= 0.6 is 11.3 Å². The molecule has 2 aromatic heterocycles. The zero-order valence-electron chi connectivity index (χ0n) is 12.6. The van der Waals surface area contributed by atoms with Gasteiger partial charge in [0.2, 0.25) is 0 Å². The third kappa shape index (κ3) is 3.06. The number of rotatable bonds is 5. The van der Waals surface area contributed by atoms with Crippen molar-refractivity contribution in [2.45, 2.75) is 13.3 Å². The molecule has 0 unspecified atom stereocenters. The molecule has 0 saturated carbocycles. The summed E-state index contributed by atoms with van der Waals surface area (Å²) in [6.45, 7) is 7.44. The molecule has 0 amide bonds. The molecule has 22 heavy (non-hydrogen) atoms. The minimum absolute atomic E-state index is 0.847. The van der Waals surface area contributed by atoms with E-state index in [1.807, 2.05) is 16.0 Å². The number of nitrogens with one attached hydrogen (secondary N) is 1. The highest BCUT2D eigenvalue weighted by atomic mass is 32.1. The zero-order chi connectivity index (χ0) is 15.5. The normalized spacial score (nSPS) is 17.7. The Kier molecular flexibility index (Phi) is 4.56.